The van der Waals surface area contributed by atoms with Crippen LogP contribution in [0.2, 0.25) is 0 Å². The van der Waals surface area contributed by atoms with Gasteiger partial charge in [0.2, 0.25) is 0 Å². The number of carbonyl (C=O) groups is 1. The molecule has 0 aliphatic heterocycles. The van der Waals surface area contributed by atoms with Crippen molar-refractivity contribution in [2.24, 2.45) is 0 Å². The number of ketones is 1. The highest BCUT2D eigenvalue weighted by Gasteiger charge is 2.02. The Labute approximate surface area is 95.7 Å². The molecule has 2 nitrogen and oxygen atoms in total. The molecule has 1 rings (SSSR count). The number of likely N-dealkylation sites (N-methyl/N-ethyl adjacent to an activating group) is 1. The molecule has 0 atom stereocenters. The van der Waals surface area contributed by atoms with Gasteiger partial charge in [-0.15, -0.1) is 11.8 Å². The summed E-state index contributed by atoms with van der Waals surface area (Å²) in [6.07, 6.45) is 2.07. The lowest BCUT2D eigenvalue weighted by Gasteiger charge is -2.14. The smallest absolute Gasteiger partial charge is 0.143 e. The van der Waals surface area contributed by atoms with Crippen molar-refractivity contribution in [1.29, 1.82) is 0 Å². The van der Waals surface area contributed by atoms with Crippen LogP contribution in [-0.2, 0) is 11.3 Å². The van der Waals surface area contributed by atoms with E-state index in [0.29, 0.717) is 6.54 Å². The van der Waals surface area contributed by atoms with Crippen molar-refractivity contribution >= 4 is 17.5 Å². The van der Waals surface area contributed by atoms with Gasteiger partial charge in [-0.25, -0.2) is 0 Å². The summed E-state index contributed by atoms with van der Waals surface area (Å²) in [5, 5.41) is 0. The third kappa shape index (κ3) is 4.49. The quantitative estimate of drug-likeness (QED) is 0.715. The second-order valence-corrected chi connectivity index (χ2v) is 4.60. The lowest BCUT2D eigenvalue weighted by molar-refractivity contribution is -0.117. The van der Waals surface area contributed by atoms with Crippen LogP contribution in [0.3, 0.4) is 0 Å². The fraction of sp³-hybridized carbons (Fsp3) is 0.417. The molecule has 0 heterocycles. The van der Waals surface area contributed by atoms with Gasteiger partial charge in [0.1, 0.15) is 5.78 Å². The summed E-state index contributed by atoms with van der Waals surface area (Å²) in [6, 6.07) is 8.45. The molecule has 1 aromatic carbocycles. The molecular weight excluding hydrogens is 206 g/mol. The van der Waals surface area contributed by atoms with E-state index < -0.39 is 0 Å². The summed E-state index contributed by atoms with van der Waals surface area (Å²) in [7, 11) is 1.96. The number of hydrogen-bond acceptors (Lipinski definition) is 3. The monoisotopic (exact) mass is 223 g/mol. The van der Waals surface area contributed by atoms with Gasteiger partial charge in [-0.1, -0.05) is 12.1 Å². The molecule has 0 saturated carbocycles. The van der Waals surface area contributed by atoms with Crippen LogP contribution in [0.5, 0.6) is 0 Å². The molecule has 3 heteroatoms. The van der Waals surface area contributed by atoms with Gasteiger partial charge in [-0.2, -0.15) is 0 Å². The first kappa shape index (κ1) is 12.3. The SMILES string of the molecule is CSc1ccc(CN(C)CC(C)=O)cc1. The van der Waals surface area contributed by atoms with E-state index in [2.05, 4.69) is 30.5 Å². The van der Waals surface area contributed by atoms with Crippen molar-refractivity contribution in [3.05, 3.63) is 29.8 Å². The van der Waals surface area contributed by atoms with Gasteiger partial charge in [-0.3, -0.25) is 9.69 Å². The van der Waals surface area contributed by atoms with Gasteiger partial charge < -0.3 is 0 Å². The molecular formula is C12H17NOS. The van der Waals surface area contributed by atoms with E-state index in [0.717, 1.165) is 6.54 Å². The highest BCUT2D eigenvalue weighted by molar-refractivity contribution is 7.98. The number of nitrogens with zero attached hydrogens (tertiary/aromatic N) is 1. The first-order valence-electron chi connectivity index (χ1n) is 4.92. The lowest BCUT2D eigenvalue weighted by atomic mass is 10.2. The molecule has 0 N–H and O–H groups in total. The van der Waals surface area contributed by atoms with Gasteiger partial charge in [0.15, 0.2) is 0 Å². The number of Topliss-reactive ketones (excluding diaryl/α,β-unsaturated/α-hetero) is 1. The summed E-state index contributed by atoms with van der Waals surface area (Å²) in [5.41, 5.74) is 1.25. The molecule has 0 bridgehead atoms. The van der Waals surface area contributed by atoms with Crippen LogP contribution >= 0.6 is 11.8 Å². The standard InChI is InChI=1S/C12H17NOS/c1-10(14)8-13(2)9-11-4-6-12(15-3)7-5-11/h4-7H,8-9H2,1-3H3. The number of carbonyl (C=O) groups excluding carboxylic acids is 1. The Kier molecular flexibility index (Phi) is 4.85. The first-order valence-corrected chi connectivity index (χ1v) is 6.15. The number of thioether (sulfide) groups is 1. The Bertz CT molecular complexity index is 321. The topological polar surface area (TPSA) is 20.3 Å². The van der Waals surface area contributed by atoms with Crippen molar-refractivity contribution in [3.8, 4) is 0 Å². The van der Waals surface area contributed by atoms with Crippen LogP contribution in [-0.4, -0.2) is 30.5 Å². The normalized spacial score (nSPS) is 10.7. The molecule has 82 valence electrons. The van der Waals surface area contributed by atoms with Gasteiger partial charge in [-0.05, 0) is 37.9 Å². The van der Waals surface area contributed by atoms with Crippen LogP contribution in [0.15, 0.2) is 29.2 Å². The van der Waals surface area contributed by atoms with Crippen molar-refractivity contribution in [2.75, 3.05) is 19.8 Å². The molecule has 1 aromatic rings. The zero-order valence-corrected chi connectivity index (χ0v) is 10.3. The third-order valence-electron chi connectivity index (χ3n) is 2.10. The first-order chi connectivity index (χ1) is 7.11. The maximum atomic E-state index is 10.9. The van der Waals surface area contributed by atoms with Gasteiger partial charge >= 0.3 is 0 Å². The van der Waals surface area contributed by atoms with E-state index in [1.54, 1.807) is 18.7 Å². The molecule has 0 radical (unpaired) electrons. The Morgan fingerprint density at radius 3 is 2.40 bits per heavy atom. The molecule has 0 aliphatic carbocycles. The van der Waals surface area contributed by atoms with Crippen molar-refractivity contribution in [2.45, 2.75) is 18.4 Å². The van der Waals surface area contributed by atoms with Crippen LogP contribution in [0.1, 0.15) is 12.5 Å². The van der Waals surface area contributed by atoms with E-state index in [1.165, 1.54) is 10.5 Å². The molecule has 15 heavy (non-hydrogen) atoms. The zero-order chi connectivity index (χ0) is 11.3. The average Bonchev–Trinajstić information content (AvgIpc) is 2.17. The third-order valence-corrected chi connectivity index (χ3v) is 2.85. The minimum Gasteiger partial charge on any atom is -0.299 e. The van der Waals surface area contributed by atoms with Crippen molar-refractivity contribution < 1.29 is 4.79 Å². The number of hydrogen-bond donors (Lipinski definition) is 0. The fourth-order valence-corrected chi connectivity index (χ4v) is 1.89. The second-order valence-electron chi connectivity index (χ2n) is 3.72. The highest BCUT2D eigenvalue weighted by atomic mass is 32.2. The minimum atomic E-state index is 0.207. The van der Waals surface area contributed by atoms with Gasteiger partial charge in [0.05, 0.1) is 6.54 Å². The lowest BCUT2D eigenvalue weighted by Crippen LogP contribution is -2.23. The minimum absolute atomic E-state index is 0.207. The predicted octanol–water partition coefficient (Wildman–Crippen LogP) is 2.43. The maximum absolute atomic E-state index is 10.9. The van der Waals surface area contributed by atoms with Gasteiger partial charge in [0, 0.05) is 11.4 Å². The fourth-order valence-electron chi connectivity index (χ4n) is 1.48. The van der Waals surface area contributed by atoms with E-state index in [1.807, 2.05) is 11.9 Å². The molecule has 0 spiro atoms. The van der Waals surface area contributed by atoms with E-state index >= 15 is 0 Å². The van der Waals surface area contributed by atoms with Crippen molar-refractivity contribution in [1.82, 2.24) is 4.90 Å². The molecule has 0 fully saturated rings. The summed E-state index contributed by atoms with van der Waals surface area (Å²) in [6.45, 7) is 2.96. The molecule has 0 aromatic heterocycles. The number of benzene rings is 1. The summed E-state index contributed by atoms with van der Waals surface area (Å²) < 4.78 is 0. The van der Waals surface area contributed by atoms with Crippen molar-refractivity contribution in [3.63, 3.8) is 0 Å². The summed E-state index contributed by atoms with van der Waals surface area (Å²) in [4.78, 5) is 14.2. The largest absolute Gasteiger partial charge is 0.299 e. The highest BCUT2D eigenvalue weighted by Crippen LogP contribution is 2.15. The Balaban J connectivity index is 2.53. The molecule has 0 amide bonds. The zero-order valence-electron chi connectivity index (χ0n) is 9.49. The van der Waals surface area contributed by atoms with Crippen LogP contribution < -0.4 is 0 Å². The maximum Gasteiger partial charge on any atom is 0.143 e. The Hall–Kier alpha value is -0.800. The summed E-state index contributed by atoms with van der Waals surface area (Å²) in [5.74, 6) is 0.207. The average molecular weight is 223 g/mol. The van der Waals surface area contributed by atoms with Gasteiger partial charge in [0.25, 0.3) is 0 Å². The van der Waals surface area contributed by atoms with E-state index in [4.69, 9.17) is 0 Å². The number of rotatable bonds is 5. The van der Waals surface area contributed by atoms with Crippen LogP contribution in [0, 0.1) is 0 Å². The second kappa shape index (κ2) is 5.93. The van der Waals surface area contributed by atoms with E-state index in [9.17, 15) is 4.79 Å². The molecule has 0 saturated heterocycles. The van der Waals surface area contributed by atoms with Crippen LogP contribution in [0.25, 0.3) is 0 Å². The van der Waals surface area contributed by atoms with Crippen LogP contribution in [0.4, 0.5) is 0 Å². The van der Waals surface area contributed by atoms with E-state index in [-0.39, 0.29) is 5.78 Å². The summed E-state index contributed by atoms with van der Waals surface area (Å²) >= 11 is 1.74. The Morgan fingerprint density at radius 1 is 1.33 bits per heavy atom. The molecule has 0 aliphatic rings. The predicted molar refractivity (Wildman–Crippen MR) is 65.2 cm³/mol. The Morgan fingerprint density at radius 2 is 1.93 bits per heavy atom. The molecule has 0 unspecified atom stereocenters.